The van der Waals surface area contributed by atoms with Gasteiger partial charge in [-0.2, -0.15) is 9.73 Å². The van der Waals surface area contributed by atoms with E-state index < -0.39 is 5.66 Å². The molecule has 5 rings (SSSR count). The van der Waals surface area contributed by atoms with E-state index in [9.17, 15) is 5.21 Å². The zero-order chi connectivity index (χ0) is 21.3. The van der Waals surface area contributed by atoms with E-state index in [2.05, 4.69) is 0 Å². The lowest BCUT2D eigenvalue weighted by atomic mass is 9.91. The Morgan fingerprint density at radius 1 is 0.613 bits per heavy atom. The zero-order valence-electron chi connectivity index (χ0n) is 17.3. The molecule has 0 aliphatic carbocycles. The van der Waals surface area contributed by atoms with E-state index in [1.807, 2.05) is 122 Å². The first kappa shape index (κ1) is 19.0. The molecule has 4 aromatic carbocycles. The molecule has 0 amide bonds. The van der Waals surface area contributed by atoms with Crippen molar-refractivity contribution in [2.75, 3.05) is 0 Å². The van der Waals surface area contributed by atoms with Crippen molar-refractivity contribution in [1.29, 1.82) is 0 Å². The van der Waals surface area contributed by atoms with Gasteiger partial charge in [0, 0.05) is 11.1 Å². The molecule has 31 heavy (non-hydrogen) atoms. The highest BCUT2D eigenvalue weighted by Gasteiger charge is 2.51. The second-order valence-electron chi connectivity index (χ2n) is 7.74. The van der Waals surface area contributed by atoms with Gasteiger partial charge < -0.3 is 5.21 Å². The topological polar surface area (TPSA) is 38.4 Å². The smallest absolute Gasteiger partial charge is 0.319 e. The predicted octanol–water partition coefficient (Wildman–Crippen LogP) is 5.70. The lowest BCUT2D eigenvalue weighted by Gasteiger charge is -2.26. The number of benzene rings is 4. The third-order valence-electron chi connectivity index (χ3n) is 5.72. The van der Waals surface area contributed by atoms with Crippen molar-refractivity contribution in [2.45, 2.75) is 12.6 Å². The van der Waals surface area contributed by atoms with E-state index in [0.29, 0.717) is 11.4 Å². The third kappa shape index (κ3) is 3.15. The average molecular weight is 402 g/mol. The molecule has 0 fully saturated rings. The lowest BCUT2D eigenvalue weighted by Crippen LogP contribution is -2.35. The summed E-state index contributed by atoms with van der Waals surface area (Å²) in [7, 11) is 0. The molecule has 3 heteroatoms. The quantitative estimate of drug-likeness (QED) is 0.319. The highest BCUT2D eigenvalue weighted by Crippen LogP contribution is 2.40. The monoisotopic (exact) mass is 402 g/mol. The third-order valence-corrected chi connectivity index (χ3v) is 5.72. The molecule has 0 bridgehead atoms. The average Bonchev–Trinajstić information content (AvgIpc) is 3.15. The van der Waals surface area contributed by atoms with Crippen molar-refractivity contribution in [3.63, 3.8) is 0 Å². The van der Waals surface area contributed by atoms with E-state index in [4.69, 9.17) is 4.99 Å². The van der Waals surface area contributed by atoms with Crippen LogP contribution in [0, 0.1) is 12.1 Å². The van der Waals surface area contributed by atoms with Crippen LogP contribution < -0.4 is 0 Å². The number of hydroxylamine groups is 1. The van der Waals surface area contributed by atoms with Gasteiger partial charge in [0.1, 0.15) is 5.71 Å². The Hall–Kier alpha value is -3.98. The van der Waals surface area contributed by atoms with Crippen LogP contribution in [0.2, 0.25) is 0 Å². The second-order valence-corrected chi connectivity index (χ2v) is 7.74. The fourth-order valence-electron chi connectivity index (χ4n) is 4.15. The lowest BCUT2D eigenvalue weighted by molar-refractivity contribution is -0.537. The maximum atomic E-state index is 14.3. The number of hydrogen-bond acceptors (Lipinski definition) is 2. The molecule has 4 aromatic rings. The number of aryl methyl sites for hydroxylation is 1. The summed E-state index contributed by atoms with van der Waals surface area (Å²) in [6, 6.07) is 37.6. The summed E-state index contributed by atoms with van der Waals surface area (Å²) in [5.74, 6) is 0. The van der Waals surface area contributed by atoms with Crippen LogP contribution in [0.5, 0.6) is 0 Å². The van der Waals surface area contributed by atoms with Crippen LogP contribution in [0.15, 0.2) is 120 Å². The summed E-state index contributed by atoms with van der Waals surface area (Å²) in [5.41, 5.74) is 4.69. The molecule has 0 radical (unpaired) electrons. The van der Waals surface area contributed by atoms with Crippen LogP contribution in [0.1, 0.15) is 27.8 Å². The molecule has 0 saturated heterocycles. The van der Waals surface area contributed by atoms with Crippen LogP contribution in [0.3, 0.4) is 0 Å². The highest BCUT2D eigenvalue weighted by molar-refractivity contribution is 6.52. The standard InChI is InChI=1S/C28H22N2O/c1-21-17-19-25(20-18-21)28(24-15-9-4-10-16-24)29-26(22-11-5-2-6-12-22)27(30(28)31)23-13-7-3-8-14-23/h2-20H,1H3. The Kier molecular flexibility index (Phi) is 4.72. The molecule has 1 aliphatic rings. The predicted molar refractivity (Wildman–Crippen MR) is 126 cm³/mol. The molecule has 0 saturated carbocycles. The van der Waals surface area contributed by atoms with Gasteiger partial charge in [-0.05, 0) is 43.3 Å². The van der Waals surface area contributed by atoms with E-state index in [1.165, 1.54) is 0 Å². The van der Waals surface area contributed by atoms with Crippen molar-refractivity contribution < 1.29 is 4.74 Å². The van der Waals surface area contributed by atoms with Crippen LogP contribution in [0.25, 0.3) is 0 Å². The fraction of sp³-hybridized carbons (Fsp3) is 0.0714. The van der Waals surface area contributed by atoms with Crippen molar-refractivity contribution in [2.24, 2.45) is 4.99 Å². The molecule has 150 valence electrons. The fourth-order valence-corrected chi connectivity index (χ4v) is 4.15. The SMILES string of the molecule is Cc1ccc(C2(c3ccccc3)N=C(c3ccccc3)C(c3ccccc3)=[N+]2[O-])cc1. The van der Waals surface area contributed by atoms with Gasteiger partial charge in [0.15, 0.2) is 0 Å². The first-order valence-electron chi connectivity index (χ1n) is 10.4. The Morgan fingerprint density at radius 3 is 1.68 bits per heavy atom. The van der Waals surface area contributed by atoms with Gasteiger partial charge in [-0.3, -0.25) is 0 Å². The maximum absolute atomic E-state index is 14.3. The number of nitrogens with zero attached hydrogens (tertiary/aromatic N) is 2. The molecule has 1 unspecified atom stereocenters. The Bertz CT molecular complexity index is 1260. The van der Waals surface area contributed by atoms with Gasteiger partial charge in [-0.1, -0.05) is 84.4 Å². The van der Waals surface area contributed by atoms with E-state index in [-0.39, 0.29) is 0 Å². The number of rotatable bonds is 4. The molecule has 0 spiro atoms. The van der Waals surface area contributed by atoms with Gasteiger partial charge in [-0.15, -0.1) is 0 Å². The van der Waals surface area contributed by atoms with Crippen LogP contribution in [-0.4, -0.2) is 16.2 Å². The first-order chi connectivity index (χ1) is 15.2. The zero-order valence-corrected chi connectivity index (χ0v) is 17.3. The molecule has 0 aromatic heterocycles. The van der Waals surface area contributed by atoms with Crippen molar-refractivity contribution >= 4 is 11.4 Å². The second kappa shape index (κ2) is 7.69. The first-order valence-corrected chi connectivity index (χ1v) is 10.4. The molecular weight excluding hydrogens is 380 g/mol. The van der Waals surface area contributed by atoms with Gasteiger partial charge >= 0.3 is 5.66 Å². The van der Waals surface area contributed by atoms with Crippen molar-refractivity contribution in [1.82, 2.24) is 0 Å². The minimum absolute atomic E-state index is 0.580. The van der Waals surface area contributed by atoms with E-state index >= 15 is 0 Å². The minimum Gasteiger partial charge on any atom is -0.621 e. The van der Waals surface area contributed by atoms with E-state index in [1.54, 1.807) is 0 Å². The van der Waals surface area contributed by atoms with Gasteiger partial charge in [0.2, 0.25) is 5.71 Å². The van der Waals surface area contributed by atoms with E-state index in [0.717, 1.165) is 32.6 Å². The normalized spacial score (nSPS) is 18.2. The van der Waals surface area contributed by atoms with Crippen LogP contribution in [0.4, 0.5) is 0 Å². The molecule has 3 nitrogen and oxygen atoms in total. The largest absolute Gasteiger partial charge is 0.621 e. The van der Waals surface area contributed by atoms with Crippen LogP contribution >= 0.6 is 0 Å². The van der Waals surface area contributed by atoms with Crippen molar-refractivity contribution in [3.8, 4) is 0 Å². The molecule has 1 heterocycles. The van der Waals surface area contributed by atoms with Crippen LogP contribution in [-0.2, 0) is 5.66 Å². The summed E-state index contributed by atoms with van der Waals surface area (Å²) < 4.78 is 1.09. The molecule has 0 N–H and O–H groups in total. The van der Waals surface area contributed by atoms with Gasteiger partial charge in [0.05, 0.1) is 11.1 Å². The Labute approximate surface area is 182 Å². The van der Waals surface area contributed by atoms with Gasteiger partial charge in [-0.25, -0.2) is 0 Å². The van der Waals surface area contributed by atoms with Crippen molar-refractivity contribution in [3.05, 3.63) is 148 Å². The highest BCUT2D eigenvalue weighted by atomic mass is 16.5. The summed E-state index contributed by atoms with van der Waals surface area (Å²) in [4.78, 5) is 5.19. The number of hydrogen-bond donors (Lipinski definition) is 0. The Morgan fingerprint density at radius 2 is 1.10 bits per heavy atom. The summed E-state index contributed by atoms with van der Waals surface area (Å²) >= 11 is 0. The van der Waals surface area contributed by atoms with Gasteiger partial charge in [0.25, 0.3) is 0 Å². The summed E-state index contributed by atoms with van der Waals surface area (Å²) in [5, 5.41) is 14.3. The minimum atomic E-state index is -1.19. The molecular formula is C28H22N2O. The number of aliphatic imine (C=N–C) groups is 1. The summed E-state index contributed by atoms with van der Waals surface area (Å²) in [6.07, 6.45) is 0. The maximum Gasteiger partial charge on any atom is 0.319 e. The molecule has 1 aliphatic heterocycles. The summed E-state index contributed by atoms with van der Waals surface area (Å²) in [6.45, 7) is 2.04. The Balaban J connectivity index is 1.87. The molecule has 1 atom stereocenters.